The molecular weight excluding hydrogens is 370 g/mol. The van der Waals surface area contributed by atoms with Crippen LogP contribution in [0.3, 0.4) is 0 Å². The van der Waals surface area contributed by atoms with E-state index in [0.29, 0.717) is 23.9 Å². The number of hydrogen-bond acceptors (Lipinski definition) is 5. The van der Waals surface area contributed by atoms with Crippen LogP contribution in [-0.4, -0.2) is 26.2 Å². The van der Waals surface area contributed by atoms with Gasteiger partial charge in [0.25, 0.3) is 0 Å². The molecule has 3 aromatic rings. The topological polar surface area (TPSA) is 82.4 Å². The number of hydrogen-bond donors (Lipinski definition) is 1. The fourth-order valence-corrected chi connectivity index (χ4v) is 3.07. The third-order valence-corrected chi connectivity index (χ3v) is 4.72. The van der Waals surface area contributed by atoms with Crippen LogP contribution in [0, 0.1) is 0 Å². The summed E-state index contributed by atoms with van der Waals surface area (Å²) in [5.41, 5.74) is 2.36. The molecule has 0 radical (unpaired) electrons. The molecule has 6 heteroatoms. The third-order valence-electron chi connectivity index (χ3n) is 4.72. The van der Waals surface area contributed by atoms with E-state index in [1.165, 1.54) is 25.8 Å². The van der Waals surface area contributed by atoms with Gasteiger partial charge < -0.3 is 19.2 Å². The summed E-state index contributed by atoms with van der Waals surface area (Å²) < 4.78 is 15.5. The molecule has 0 bridgehead atoms. The Hall–Kier alpha value is -3.38. The fourth-order valence-electron chi connectivity index (χ4n) is 3.07. The maximum absolute atomic E-state index is 12.0. The van der Waals surface area contributed by atoms with Gasteiger partial charge in [0.1, 0.15) is 18.3 Å². The van der Waals surface area contributed by atoms with Gasteiger partial charge in [0.2, 0.25) is 0 Å². The van der Waals surface area contributed by atoms with Crippen molar-refractivity contribution in [3.05, 3.63) is 83.1 Å². The highest BCUT2D eigenvalue weighted by Crippen LogP contribution is 2.25. The van der Waals surface area contributed by atoms with Crippen LogP contribution in [-0.2, 0) is 16.0 Å². The Kier molecular flexibility index (Phi) is 6.46. The smallest absolute Gasteiger partial charge is 0.337 e. The predicted octanol–water partition coefficient (Wildman–Crippen LogP) is 3.34. The van der Waals surface area contributed by atoms with Crippen molar-refractivity contribution < 1.29 is 28.8 Å². The standard InChI is InChI=1S/C23H23NO5/c1-15(16-7-5-4-6-8-16)24-14-20-9-10-21(29-20)17-11-18(22(25)27-2)13-19(12-17)23(26)28-3/h4-13,15,24H,14H2,1-3H3/p+1/t15-/m1/s1. The lowest BCUT2D eigenvalue weighted by Crippen LogP contribution is -2.82. The van der Waals surface area contributed by atoms with Crippen molar-refractivity contribution in [2.24, 2.45) is 0 Å². The van der Waals surface area contributed by atoms with Gasteiger partial charge in [-0.15, -0.1) is 0 Å². The fraction of sp³-hybridized carbons (Fsp3) is 0.217. The van der Waals surface area contributed by atoms with Gasteiger partial charge in [-0.1, -0.05) is 30.3 Å². The summed E-state index contributed by atoms with van der Waals surface area (Å²) in [7, 11) is 2.59. The summed E-state index contributed by atoms with van der Waals surface area (Å²) in [4.78, 5) is 23.9. The monoisotopic (exact) mass is 394 g/mol. The molecule has 0 spiro atoms. The lowest BCUT2D eigenvalue weighted by atomic mass is 10.0. The third kappa shape index (κ3) is 4.92. The molecule has 0 aliphatic heterocycles. The molecule has 1 aromatic heterocycles. The van der Waals surface area contributed by atoms with Gasteiger partial charge in [0.15, 0.2) is 5.76 Å². The Bertz CT molecular complexity index is 959. The minimum Gasteiger partial charge on any atom is -0.465 e. The highest BCUT2D eigenvalue weighted by Gasteiger charge is 2.17. The molecule has 1 heterocycles. The normalized spacial score (nSPS) is 11.7. The Balaban J connectivity index is 1.80. The van der Waals surface area contributed by atoms with Crippen molar-refractivity contribution in [1.82, 2.24) is 0 Å². The molecule has 0 unspecified atom stereocenters. The van der Waals surface area contributed by atoms with Crippen LogP contribution >= 0.6 is 0 Å². The quantitative estimate of drug-likeness (QED) is 0.622. The van der Waals surface area contributed by atoms with E-state index >= 15 is 0 Å². The summed E-state index contributed by atoms with van der Waals surface area (Å²) in [5, 5.41) is 2.18. The largest absolute Gasteiger partial charge is 0.465 e. The van der Waals surface area contributed by atoms with E-state index < -0.39 is 11.9 Å². The second-order valence-electron chi connectivity index (χ2n) is 6.69. The van der Waals surface area contributed by atoms with E-state index in [2.05, 4.69) is 24.4 Å². The number of quaternary nitrogens is 1. The van der Waals surface area contributed by atoms with Crippen LogP contribution in [0.4, 0.5) is 0 Å². The number of furan rings is 1. The number of rotatable bonds is 7. The van der Waals surface area contributed by atoms with Crippen LogP contribution in [0.2, 0.25) is 0 Å². The minimum atomic E-state index is -0.534. The number of ether oxygens (including phenoxy) is 2. The van der Waals surface area contributed by atoms with Crippen molar-refractivity contribution in [3.8, 4) is 11.3 Å². The highest BCUT2D eigenvalue weighted by atomic mass is 16.5. The molecule has 6 nitrogen and oxygen atoms in total. The van der Waals surface area contributed by atoms with Crippen molar-refractivity contribution in [2.45, 2.75) is 19.5 Å². The first-order valence-electron chi connectivity index (χ1n) is 9.31. The first-order valence-corrected chi connectivity index (χ1v) is 9.31. The van der Waals surface area contributed by atoms with Crippen molar-refractivity contribution in [1.29, 1.82) is 0 Å². The number of nitrogens with two attached hydrogens (primary N) is 1. The number of carbonyl (C=O) groups is 2. The maximum Gasteiger partial charge on any atom is 0.337 e. The van der Waals surface area contributed by atoms with Crippen molar-refractivity contribution in [2.75, 3.05) is 14.2 Å². The minimum absolute atomic E-state index is 0.257. The van der Waals surface area contributed by atoms with Gasteiger partial charge in [0.05, 0.1) is 25.3 Å². The molecule has 150 valence electrons. The van der Waals surface area contributed by atoms with Gasteiger partial charge in [-0.3, -0.25) is 0 Å². The first-order chi connectivity index (χ1) is 14.0. The molecule has 29 heavy (non-hydrogen) atoms. The summed E-state index contributed by atoms with van der Waals surface area (Å²) in [6.07, 6.45) is 0. The van der Waals surface area contributed by atoms with E-state index in [1.807, 2.05) is 30.3 Å². The van der Waals surface area contributed by atoms with E-state index in [-0.39, 0.29) is 11.1 Å². The lowest BCUT2D eigenvalue weighted by Gasteiger charge is -2.09. The summed E-state index contributed by atoms with van der Waals surface area (Å²) in [6, 6.07) is 19.0. The Labute approximate surface area is 169 Å². The molecular formula is C23H24NO5+. The van der Waals surface area contributed by atoms with Gasteiger partial charge in [0, 0.05) is 11.1 Å². The molecule has 3 rings (SSSR count). The van der Waals surface area contributed by atoms with Crippen molar-refractivity contribution in [3.63, 3.8) is 0 Å². The van der Waals surface area contributed by atoms with Crippen LogP contribution in [0.25, 0.3) is 11.3 Å². The van der Waals surface area contributed by atoms with Crippen LogP contribution in [0.1, 0.15) is 45.0 Å². The average molecular weight is 394 g/mol. The summed E-state index contributed by atoms with van der Waals surface area (Å²) in [5.74, 6) is 0.296. The van der Waals surface area contributed by atoms with Gasteiger partial charge in [-0.2, -0.15) is 0 Å². The van der Waals surface area contributed by atoms with E-state index in [4.69, 9.17) is 13.9 Å². The van der Waals surface area contributed by atoms with Gasteiger partial charge >= 0.3 is 11.9 Å². The summed E-state index contributed by atoms with van der Waals surface area (Å²) >= 11 is 0. The zero-order chi connectivity index (χ0) is 20.8. The first kappa shape index (κ1) is 20.4. The zero-order valence-corrected chi connectivity index (χ0v) is 16.7. The second kappa shape index (κ2) is 9.21. The molecule has 0 amide bonds. The van der Waals surface area contributed by atoms with Gasteiger partial charge in [-0.05, 0) is 37.3 Å². The van der Waals surface area contributed by atoms with Crippen molar-refractivity contribution >= 4 is 11.9 Å². The lowest BCUT2D eigenvalue weighted by molar-refractivity contribution is -0.709. The van der Waals surface area contributed by atoms with E-state index in [9.17, 15) is 9.59 Å². The van der Waals surface area contributed by atoms with Crippen LogP contribution < -0.4 is 5.32 Å². The number of benzene rings is 2. The predicted molar refractivity (Wildman–Crippen MR) is 107 cm³/mol. The Morgan fingerprint density at radius 2 is 1.55 bits per heavy atom. The SMILES string of the molecule is COC(=O)c1cc(C(=O)OC)cc(-c2ccc(C[NH2+][C@H](C)c3ccccc3)o2)c1. The molecule has 1 atom stereocenters. The average Bonchev–Trinajstić information content (AvgIpc) is 3.25. The molecule has 2 N–H and O–H groups in total. The van der Waals surface area contributed by atoms with Crippen LogP contribution in [0.5, 0.6) is 0 Å². The van der Waals surface area contributed by atoms with E-state index in [1.54, 1.807) is 12.1 Å². The van der Waals surface area contributed by atoms with Crippen LogP contribution in [0.15, 0.2) is 65.1 Å². The molecule has 0 saturated carbocycles. The second-order valence-corrected chi connectivity index (χ2v) is 6.69. The maximum atomic E-state index is 12.0. The number of carbonyl (C=O) groups excluding carboxylic acids is 2. The number of methoxy groups -OCH3 is 2. The molecule has 0 aliphatic carbocycles. The molecule has 2 aromatic carbocycles. The number of esters is 2. The highest BCUT2D eigenvalue weighted by molar-refractivity contribution is 5.97. The molecule has 0 saturated heterocycles. The Morgan fingerprint density at radius 3 is 2.14 bits per heavy atom. The zero-order valence-electron chi connectivity index (χ0n) is 16.7. The Morgan fingerprint density at radius 1 is 0.931 bits per heavy atom. The molecule has 0 aliphatic rings. The van der Waals surface area contributed by atoms with Gasteiger partial charge in [-0.25, -0.2) is 9.59 Å². The van der Waals surface area contributed by atoms with E-state index in [0.717, 1.165) is 5.76 Å². The molecule has 0 fully saturated rings. The summed E-state index contributed by atoms with van der Waals surface area (Å²) in [6.45, 7) is 2.80.